The lowest BCUT2D eigenvalue weighted by molar-refractivity contribution is -0.120. The van der Waals surface area contributed by atoms with E-state index in [1.54, 1.807) is 11.3 Å². The van der Waals surface area contributed by atoms with Gasteiger partial charge >= 0.3 is 0 Å². The highest BCUT2D eigenvalue weighted by Crippen LogP contribution is 2.06. The highest BCUT2D eigenvalue weighted by Gasteiger charge is 2.01. The van der Waals surface area contributed by atoms with E-state index in [0.29, 0.717) is 6.42 Å². The van der Waals surface area contributed by atoms with E-state index >= 15 is 0 Å². The molecule has 0 aliphatic heterocycles. The molecule has 2 nitrogen and oxygen atoms in total. The van der Waals surface area contributed by atoms with Gasteiger partial charge in [0.15, 0.2) is 0 Å². The summed E-state index contributed by atoms with van der Waals surface area (Å²) in [7, 11) is 0. The van der Waals surface area contributed by atoms with Gasteiger partial charge < -0.3 is 5.32 Å². The van der Waals surface area contributed by atoms with Crippen LogP contribution in [0.5, 0.6) is 0 Å². The van der Waals surface area contributed by atoms with Crippen molar-refractivity contribution in [2.45, 2.75) is 19.3 Å². The second-order valence-corrected chi connectivity index (χ2v) is 4.63. The van der Waals surface area contributed by atoms with Gasteiger partial charge in [0.1, 0.15) is 0 Å². The second kappa shape index (κ2) is 7.01. The average molecular weight is 276 g/mol. The van der Waals surface area contributed by atoms with Crippen LogP contribution in [-0.2, 0) is 11.2 Å². The lowest BCUT2D eigenvalue weighted by atomic mass is 10.2. The predicted molar refractivity (Wildman–Crippen MR) is 64.1 cm³/mol. The summed E-state index contributed by atoms with van der Waals surface area (Å²) in [6, 6.07) is 1.99. The second-order valence-electron chi connectivity index (χ2n) is 3.05. The first kappa shape index (κ1) is 11.7. The van der Waals surface area contributed by atoms with Crippen LogP contribution in [0.25, 0.3) is 0 Å². The first-order valence-corrected chi connectivity index (χ1v) is 6.73. The highest BCUT2D eigenvalue weighted by atomic mass is 79.9. The van der Waals surface area contributed by atoms with Crippen LogP contribution in [0, 0.1) is 0 Å². The third-order valence-electron chi connectivity index (χ3n) is 1.83. The summed E-state index contributed by atoms with van der Waals surface area (Å²) in [5, 5.41) is 7.91. The zero-order chi connectivity index (χ0) is 10.2. The van der Waals surface area contributed by atoms with Crippen LogP contribution in [0.15, 0.2) is 16.8 Å². The summed E-state index contributed by atoms with van der Waals surface area (Å²) in [4.78, 5) is 11.4. The van der Waals surface area contributed by atoms with E-state index in [0.717, 1.165) is 30.3 Å². The van der Waals surface area contributed by atoms with Gasteiger partial charge in [-0.05, 0) is 35.2 Å². The number of carbonyl (C=O) groups is 1. The molecule has 0 bridgehead atoms. The SMILES string of the molecule is O=C(Cc1ccsc1)NCCCCBr. The smallest absolute Gasteiger partial charge is 0.224 e. The van der Waals surface area contributed by atoms with Crippen molar-refractivity contribution in [3.63, 3.8) is 0 Å². The van der Waals surface area contributed by atoms with E-state index < -0.39 is 0 Å². The van der Waals surface area contributed by atoms with Gasteiger partial charge in [0, 0.05) is 11.9 Å². The number of rotatable bonds is 6. The molecule has 78 valence electrons. The van der Waals surface area contributed by atoms with E-state index in [1.165, 1.54) is 0 Å². The molecule has 14 heavy (non-hydrogen) atoms. The number of hydrogen-bond acceptors (Lipinski definition) is 2. The molecule has 4 heteroatoms. The molecule has 0 unspecified atom stereocenters. The van der Waals surface area contributed by atoms with Gasteiger partial charge in [-0.1, -0.05) is 15.9 Å². The largest absolute Gasteiger partial charge is 0.356 e. The van der Waals surface area contributed by atoms with E-state index in [-0.39, 0.29) is 5.91 Å². The van der Waals surface area contributed by atoms with Gasteiger partial charge in [-0.2, -0.15) is 11.3 Å². The van der Waals surface area contributed by atoms with Gasteiger partial charge in [-0.3, -0.25) is 4.79 Å². The maximum absolute atomic E-state index is 11.4. The molecule has 0 aromatic carbocycles. The fourth-order valence-electron chi connectivity index (χ4n) is 1.09. The van der Waals surface area contributed by atoms with Crippen molar-refractivity contribution in [1.82, 2.24) is 5.32 Å². The fourth-order valence-corrected chi connectivity index (χ4v) is 2.15. The normalized spacial score (nSPS) is 10.1. The van der Waals surface area contributed by atoms with Crippen LogP contribution in [0.1, 0.15) is 18.4 Å². The number of unbranched alkanes of at least 4 members (excludes halogenated alkanes) is 1. The third-order valence-corrected chi connectivity index (χ3v) is 3.12. The van der Waals surface area contributed by atoms with Crippen molar-refractivity contribution >= 4 is 33.2 Å². The Labute approximate surface area is 96.8 Å². The van der Waals surface area contributed by atoms with Crippen molar-refractivity contribution in [3.05, 3.63) is 22.4 Å². The van der Waals surface area contributed by atoms with Crippen LogP contribution in [0.3, 0.4) is 0 Å². The molecule has 1 rings (SSSR count). The van der Waals surface area contributed by atoms with Crippen molar-refractivity contribution in [2.24, 2.45) is 0 Å². The lowest BCUT2D eigenvalue weighted by Gasteiger charge is -2.02. The molecule has 1 N–H and O–H groups in total. The summed E-state index contributed by atoms with van der Waals surface area (Å²) in [5.41, 5.74) is 1.10. The Kier molecular flexibility index (Phi) is 5.87. The maximum atomic E-state index is 11.4. The summed E-state index contributed by atoms with van der Waals surface area (Å²) in [6.45, 7) is 0.786. The lowest BCUT2D eigenvalue weighted by Crippen LogP contribution is -2.25. The zero-order valence-corrected chi connectivity index (χ0v) is 10.4. The van der Waals surface area contributed by atoms with Crippen molar-refractivity contribution in [2.75, 3.05) is 11.9 Å². The van der Waals surface area contributed by atoms with E-state index in [1.807, 2.05) is 16.8 Å². The first-order chi connectivity index (χ1) is 6.83. The Morgan fingerprint density at radius 1 is 1.50 bits per heavy atom. The molecule has 0 aliphatic carbocycles. The number of thiophene rings is 1. The minimum Gasteiger partial charge on any atom is -0.356 e. The molecule has 0 radical (unpaired) electrons. The Bertz CT molecular complexity index is 261. The molecule has 1 heterocycles. The molecular formula is C10H14BrNOS. The summed E-state index contributed by atoms with van der Waals surface area (Å²) in [6.07, 6.45) is 2.66. The molecule has 1 aromatic rings. The Morgan fingerprint density at radius 3 is 3.00 bits per heavy atom. The molecule has 0 atom stereocenters. The van der Waals surface area contributed by atoms with E-state index in [4.69, 9.17) is 0 Å². The highest BCUT2D eigenvalue weighted by molar-refractivity contribution is 9.09. The summed E-state index contributed by atoms with van der Waals surface area (Å²) < 4.78 is 0. The third kappa shape index (κ3) is 4.77. The quantitative estimate of drug-likeness (QED) is 0.628. The number of halogens is 1. The maximum Gasteiger partial charge on any atom is 0.224 e. The molecule has 0 spiro atoms. The molecule has 1 amide bonds. The van der Waals surface area contributed by atoms with Gasteiger partial charge in [0.05, 0.1) is 6.42 Å². The first-order valence-electron chi connectivity index (χ1n) is 4.66. The van der Waals surface area contributed by atoms with Gasteiger partial charge in [-0.25, -0.2) is 0 Å². The van der Waals surface area contributed by atoms with Gasteiger partial charge in [-0.15, -0.1) is 0 Å². The summed E-state index contributed by atoms with van der Waals surface area (Å²) in [5.74, 6) is 0.123. The number of amides is 1. The molecule has 0 saturated heterocycles. The van der Waals surface area contributed by atoms with Crippen LogP contribution in [0.2, 0.25) is 0 Å². The van der Waals surface area contributed by atoms with E-state index in [2.05, 4.69) is 21.2 Å². The Balaban J connectivity index is 2.11. The number of hydrogen-bond donors (Lipinski definition) is 1. The number of carbonyl (C=O) groups excluding carboxylic acids is 1. The Morgan fingerprint density at radius 2 is 2.36 bits per heavy atom. The minimum atomic E-state index is 0.123. The fraction of sp³-hybridized carbons (Fsp3) is 0.500. The van der Waals surface area contributed by atoms with Crippen molar-refractivity contribution < 1.29 is 4.79 Å². The minimum absolute atomic E-state index is 0.123. The zero-order valence-electron chi connectivity index (χ0n) is 7.96. The standard InChI is InChI=1S/C10H14BrNOS/c11-4-1-2-5-12-10(13)7-9-3-6-14-8-9/h3,6,8H,1-2,4-5,7H2,(H,12,13). The van der Waals surface area contributed by atoms with Crippen LogP contribution < -0.4 is 5.32 Å². The molecule has 0 saturated carbocycles. The molecular weight excluding hydrogens is 262 g/mol. The Hall–Kier alpha value is -0.350. The van der Waals surface area contributed by atoms with Crippen LogP contribution in [0.4, 0.5) is 0 Å². The monoisotopic (exact) mass is 275 g/mol. The average Bonchev–Trinajstić information content (AvgIpc) is 2.65. The predicted octanol–water partition coefficient (Wildman–Crippen LogP) is 2.58. The van der Waals surface area contributed by atoms with E-state index in [9.17, 15) is 4.79 Å². The topological polar surface area (TPSA) is 29.1 Å². The summed E-state index contributed by atoms with van der Waals surface area (Å²) >= 11 is 4.98. The van der Waals surface area contributed by atoms with Crippen molar-refractivity contribution in [1.29, 1.82) is 0 Å². The molecule has 1 aromatic heterocycles. The van der Waals surface area contributed by atoms with Gasteiger partial charge in [0.2, 0.25) is 5.91 Å². The molecule has 0 fully saturated rings. The number of alkyl halides is 1. The number of nitrogens with one attached hydrogen (secondary N) is 1. The molecule has 0 aliphatic rings. The van der Waals surface area contributed by atoms with Crippen molar-refractivity contribution in [3.8, 4) is 0 Å². The van der Waals surface area contributed by atoms with Crippen LogP contribution >= 0.6 is 27.3 Å². The van der Waals surface area contributed by atoms with Crippen LogP contribution in [-0.4, -0.2) is 17.8 Å². The van der Waals surface area contributed by atoms with Gasteiger partial charge in [0.25, 0.3) is 0 Å².